The summed E-state index contributed by atoms with van der Waals surface area (Å²) in [6.45, 7) is 9.26. The lowest BCUT2D eigenvalue weighted by molar-refractivity contribution is 0.267. The van der Waals surface area contributed by atoms with Crippen molar-refractivity contribution in [1.29, 1.82) is 0 Å². The van der Waals surface area contributed by atoms with E-state index in [0.717, 1.165) is 13.0 Å². The van der Waals surface area contributed by atoms with Crippen LogP contribution in [0.4, 0.5) is 4.39 Å². The van der Waals surface area contributed by atoms with Crippen molar-refractivity contribution in [3.05, 3.63) is 34.6 Å². The predicted octanol–water partition coefficient (Wildman–Crippen LogP) is 4.57. The first-order valence-electron chi connectivity index (χ1n) is 6.04. The van der Waals surface area contributed by atoms with Crippen LogP contribution in [0.15, 0.2) is 18.2 Å². The minimum absolute atomic E-state index is 0.0267. The highest BCUT2D eigenvalue weighted by Crippen LogP contribution is 2.35. The normalized spacial score (nSPS) is 13.8. The van der Waals surface area contributed by atoms with E-state index in [9.17, 15) is 4.39 Å². The molecule has 17 heavy (non-hydrogen) atoms. The average Bonchev–Trinajstić information content (AvgIpc) is 2.21. The number of nitrogens with one attached hydrogen (secondary N) is 1. The lowest BCUT2D eigenvalue weighted by Gasteiger charge is -2.32. The number of halogens is 2. The quantitative estimate of drug-likeness (QED) is 0.833. The molecule has 3 heteroatoms. The van der Waals surface area contributed by atoms with Gasteiger partial charge in [0.25, 0.3) is 0 Å². The molecular weight excluding hydrogens is 237 g/mol. The Labute approximate surface area is 108 Å². The fourth-order valence-electron chi connectivity index (χ4n) is 1.91. The van der Waals surface area contributed by atoms with Gasteiger partial charge in [-0.05, 0) is 36.6 Å². The molecule has 0 fully saturated rings. The number of benzene rings is 1. The van der Waals surface area contributed by atoms with Crippen LogP contribution in [0.1, 0.15) is 45.7 Å². The third kappa shape index (κ3) is 3.97. The highest BCUT2D eigenvalue weighted by Gasteiger charge is 2.27. The van der Waals surface area contributed by atoms with E-state index in [2.05, 4.69) is 33.0 Å². The molecule has 0 spiro atoms. The average molecular weight is 258 g/mol. The molecule has 1 rings (SSSR count). The fourth-order valence-corrected chi connectivity index (χ4v) is 2.09. The molecule has 1 atom stereocenters. The lowest BCUT2D eigenvalue weighted by Crippen LogP contribution is -2.33. The van der Waals surface area contributed by atoms with Crippen LogP contribution >= 0.6 is 11.6 Å². The number of rotatable bonds is 4. The molecule has 1 unspecified atom stereocenters. The largest absolute Gasteiger partial charge is 0.309 e. The summed E-state index contributed by atoms with van der Waals surface area (Å²) in [5, 5.41) is 3.97. The van der Waals surface area contributed by atoms with Crippen molar-refractivity contribution in [2.45, 2.75) is 40.2 Å². The molecule has 0 aliphatic rings. The zero-order valence-electron chi connectivity index (χ0n) is 11.0. The summed E-state index contributed by atoms with van der Waals surface area (Å²) in [6.07, 6.45) is 1.02. The molecule has 1 aromatic carbocycles. The molecule has 0 heterocycles. The van der Waals surface area contributed by atoms with E-state index in [4.69, 9.17) is 11.6 Å². The monoisotopic (exact) mass is 257 g/mol. The molecule has 0 aliphatic carbocycles. The van der Waals surface area contributed by atoms with Crippen molar-refractivity contribution >= 4 is 11.6 Å². The predicted molar refractivity (Wildman–Crippen MR) is 71.9 cm³/mol. The van der Waals surface area contributed by atoms with Crippen LogP contribution < -0.4 is 5.32 Å². The van der Waals surface area contributed by atoms with Crippen LogP contribution in [0.3, 0.4) is 0 Å². The van der Waals surface area contributed by atoms with Crippen molar-refractivity contribution in [3.63, 3.8) is 0 Å². The van der Waals surface area contributed by atoms with Gasteiger partial charge in [-0.15, -0.1) is 0 Å². The Bertz CT molecular complexity index is 371. The maximum absolute atomic E-state index is 13.9. The van der Waals surface area contributed by atoms with Crippen LogP contribution in [-0.4, -0.2) is 6.54 Å². The van der Waals surface area contributed by atoms with Gasteiger partial charge >= 0.3 is 0 Å². The van der Waals surface area contributed by atoms with Crippen LogP contribution in [0.2, 0.25) is 5.02 Å². The molecule has 1 nitrogen and oxygen atoms in total. The zero-order chi connectivity index (χ0) is 13.1. The minimum atomic E-state index is -0.196. The van der Waals surface area contributed by atoms with E-state index in [1.165, 1.54) is 6.07 Å². The maximum Gasteiger partial charge on any atom is 0.128 e. The van der Waals surface area contributed by atoms with E-state index < -0.39 is 0 Å². The number of hydrogen-bond donors (Lipinski definition) is 1. The second-order valence-corrected chi connectivity index (χ2v) is 5.86. The molecule has 0 saturated carbocycles. The Kier molecular flexibility index (Phi) is 4.96. The third-order valence-electron chi connectivity index (χ3n) is 2.73. The minimum Gasteiger partial charge on any atom is -0.309 e. The Morgan fingerprint density at radius 1 is 1.35 bits per heavy atom. The SMILES string of the molecule is CCCNC(c1cc(Cl)ccc1F)C(C)(C)C. The number of hydrogen-bond acceptors (Lipinski definition) is 1. The molecule has 0 amide bonds. The van der Waals surface area contributed by atoms with Crippen LogP contribution in [0.5, 0.6) is 0 Å². The van der Waals surface area contributed by atoms with Gasteiger partial charge in [-0.1, -0.05) is 39.3 Å². The van der Waals surface area contributed by atoms with Crippen molar-refractivity contribution in [1.82, 2.24) is 5.32 Å². The molecule has 0 radical (unpaired) electrons. The summed E-state index contributed by atoms with van der Waals surface area (Å²) in [4.78, 5) is 0. The van der Waals surface area contributed by atoms with E-state index in [1.807, 2.05) is 0 Å². The second kappa shape index (κ2) is 5.83. The van der Waals surface area contributed by atoms with Gasteiger partial charge in [-0.2, -0.15) is 0 Å². The van der Waals surface area contributed by atoms with Crippen LogP contribution in [-0.2, 0) is 0 Å². The zero-order valence-corrected chi connectivity index (χ0v) is 11.7. The van der Waals surface area contributed by atoms with Crippen molar-refractivity contribution in [3.8, 4) is 0 Å². The van der Waals surface area contributed by atoms with Gasteiger partial charge in [0.05, 0.1) is 0 Å². The van der Waals surface area contributed by atoms with Gasteiger partial charge < -0.3 is 5.32 Å². The standard InChI is InChI=1S/C14H21ClFN/c1-5-8-17-13(14(2,3)4)11-9-10(15)6-7-12(11)16/h6-7,9,13,17H,5,8H2,1-4H3. The van der Waals surface area contributed by atoms with Crippen LogP contribution in [0.25, 0.3) is 0 Å². The third-order valence-corrected chi connectivity index (χ3v) is 2.97. The first kappa shape index (κ1) is 14.5. The summed E-state index contributed by atoms with van der Waals surface area (Å²) in [5.74, 6) is -0.196. The summed E-state index contributed by atoms with van der Waals surface area (Å²) in [5.41, 5.74) is 0.596. The fraction of sp³-hybridized carbons (Fsp3) is 0.571. The van der Waals surface area contributed by atoms with Gasteiger partial charge in [0, 0.05) is 16.6 Å². The van der Waals surface area contributed by atoms with E-state index in [1.54, 1.807) is 12.1 Å². The van der Waals surface area contributed by atoms with E-state index in [0.29, 0.717) is 10.6 Å². The smallest absolute Gasteiger partial charge is 0.128 e. The van der Waals surface area contributed by atoms with Crippen molar-refractivity contribution in [2.24, 2.45) is 5.41 Å². The van der Waals surface area contributed by atoms with Gasteiger partial charge in [0.15, 0.2) is 0 Å². The first-order chi connectivity index (χ1) is 7.86. The summed E-state index contributed by atoms with van der Waals surface area (Å²) < 4.78 is 13.9. The second-order valence-electron chi connectivity index (χ2n) is 5.42. The lowest BCUT2D eigenvalue weighted by atomic mass is 9.82. The summed E-state index contributed by atoms with van der Waals surface area (Å²) in [7, 11) is 0. The molecule has 1 N–H and O–H groups in total. The molecular formula is C14H21ClFN. The van der Waals surface area contributed by atoms with Crippen LogP contribution in [0, 0.1) is 11.2 Å². The van der Waals surface area contributed by atoms with Crippen molar-refractivity contribution in [2.75, 3.05) is 6.54 Å². The summed E-state index contributed by atoms with van der Waals surface area (Å²) >= 11 is 5.95. The maximum atomic E-state index is 13.9. The molecule has 0 aliphatic heterocycles. The van der Waals surface area contributed by atoms with E-state index >= 15 is 0 Å². The highest BCUT2D eigenvalue weighted by atomic mass is 35.5. The van der Waals surface area contributed by atoms with Gasteiger partial charge in [0.2, 0.25) is 0 Å². The molecule has 0 bridgehead atoms. The molecule has 1 aromatic rings. The first-order valence-corrected chi connectivity index (χ1v) is 6.42. The van der Waals surface area contributed by atoms with Gasteiger partial charge in [0.1, 0.15) is 5.82 Å². The van der Waals surface area contributed by atoms with Crippen molar-refractivity contribution < 1.29 is 4.39 Å². The van der Waals surface area contributed by atoms with Gasteiger partial charge in [-0.3, -0.25) is 0 Å². The molecule has 0 saturated heterocycles. The van der Waals surface area contributed by atoms with Gasteiger partial charge in [-0.25, -0.2) is 4.39 Å². The van der Waals surface area contributed by atoms with E-state index in [-0.39, 0.29) is 17.3 Å². The summed E-state index contributed by atoms with van der Waals surface area (Å²) in [6, 6.07) is 4.71. The Hall–Kier alpha value is -0.600. The molecule has 96 valence electrons. The Balaban J connectivity index is 3.08. The Morgan fingerprint density at radius 2 is 2.00 bits per heavy atom. The topological polar surface area (TPSA) is 12.0 Å². The Morgan fingerprint density at radius 3 is 2.53 bits per heavy atom. The highest BCUT2D eigenvalue weighted by molar-refractivity contribution is 6.30. The molecule has 0 aromatic heterocycles.